The highest BCUT2D eigenvalue weighted by atomic mass is 32.1. The van der Waals surface area contributed by atoms with Gasteiger partial charge >= 0.3 is 6.09 Å². The maximum absolute atomic E-state index is 14.0. The summed E-state index contributed by atoms with van der Waals surface area (Å²) >= 11 is 5.36. The SMILES string of the molecule is CC(C)(C)N(C(=O)O)[C@@H]1CC[C@@H](c2cccc(F)c2F)CNC1=S. The molecule has 2 atom stereocenters. The molecule has 24 heavy (non-hydrogen) atoms. The summed E-state index contributed by atoms with van der Waals surface area (Å²) < 4.78 is 27.5. The zero-order valence-electron chi connectivity index (χ0n) is 14.0. The minimum absolute atomic E-state index is 0.265. The molecule has 1 aromatic carbocycles. The van der Waals surface area contributed by atoms with Crippen LogP contribution in [0.3, 0.4) is 0 Å². The van der Waals surface area contributed by atoms with E-state index in [0.717, 1.165) is 6.07 Å². The van der Waals surface area contributed by atoms with Crippen molar-refractivity contribution in [1.29, 1.82) is 0 Å². The van der Waals surface area contributed by atoms with Gasteiger partial charge in [0.15, 0.2) is 11.6 Å². The Hall–Kier alpha value is -1.76. The molecule has 0 saturated carbocycles. The summed E-state index contributed by atoms with van der Waals surface area (Å²) in [5, 5.41) is 12.6. The molecule has 1 saturated heterocycles. The van der Waals surface area contributed by atoms with Crippen LogP contribution < -0.4 is 5.32 Å². The van der Waals surface area contributed by atoms with Gasteiger partial charge in [0.25, 0.3) is 0 Å². The van der Waals surface area contributed by atoms with E-state index in [9.17, 15) is 18.7 Å². The van der Waals surface area contributed by atoms with Crippen molar-refractivity contribution in [2.75, 3.05) is 6.54 Å². The fraction of sp³-hybridized carbons (Fsp3) is 0.529. The maximum atomic E-state index is 14.0. The summed E-state index contributed by atoms with van der Waals surface area (Å²) in [5.41, 5.74) is -0.324. The van der Waals surface area contributed by atoms with Crippen molar-refractivity contribution in [3.05, 3.63) is 35.4 Å². The molecule has 2 rings (SSSR count). The predicted octanol–water partition coefficient (Wildman–Crippen LogP) is 3.91. The first kappa shape index (κ1) is 18.6. The monoisotopic (exact) mass is 356 g/mol. The first-order chi connectivity index (χ1) is 11.1. The average molecular weight is 356 g/mol. The molecule has 0 unspecified atom stereocenters. The molecule has 0 radical (unpaired) electrons. The Morgan fingerprint density at radius 2 is 2.00 bits per heavy atom. The third kappa shape index (κ3) is 3.83. The van der Waals surface area contributed by atoms with E-state index in [-0.39, 0.29) is 5.92 Å². The normalized spacial score (nSPS) is 21.8. The quantitative estimate of drug-likeness (QED) is 0.789. The zero-order valence-corrected chi connectivity index (χ0v) is 14.8. The van der Waals surface area contributed by atoms with Crippen molar-refractivity contribution in [1.82, 2.24) is 10.2 Å². The van der Waals surface area contributed by atoms with Gasteiger partial charge < -0.3 is 10.4 Å². The van der Waals surface area contributed by atoms with Gasteiger partial charge in [0.1, 0.15) is 0 Å². The first-order valence-corrected chi connectivity index (χ1v) is 8.27. The summed E-state index contributed by atoms with van der Waals surface area (Å²) in [6, 6.07) is 3.64. The van der Waals surface area contributed by atoms with E-state index in [2.05, 4.69) is 5.32 Å². The second-order valence-corrected chi connectivity index (χ2v) is 7.44. The van der Waals surface area contributed by atoms with Gasteiger partial charge in [-0.25, -0.2) is 13.6 Å². The van der Waals surface area contributed by atoms with Crippen molar-refractivity contribution >= 4 is 23.3 Å². The smallest absolute Gasteiger partial charge is 0.408 e. The van der Waals surface area contributed by atoms with Gasteiger partial charge in [-0.15, -0.1) is 0 Å². The number of carbonyl (C=O) groups is 1. The molecule has 132 valence electrons. The van der Waals surface area contributed by atoms with Crippen LogP contribution in [0, 0.1) is 11.6 Å². The van der Waals surface area contributed by atoms with Crippen molar-refractivity contribution in [2.45, 2.75) is 51.1 Å². The fourth-order valence-corrected chi connectivity index (χ4v) is 3.48. The summed E-state index contributed by atoms with van der Waals surface area (Å²) in [5.74, 6) is -1.99. The van der Waals surface area contributed by atoms with Gasteiger partial charge in [0.05, 0.1) is 11.0 Å². The number of nitrogens with zero attached hydrogens (tertiary/aromatic N) is 1. The molecule has 1 amide bonds. The van der Waals surface area contributed by atoms with E-state index >= 15 is 0 Å². The molecule has 7 heteroatoms. The van der Waals surface area contributed by atoms with Crippen LogP contribution >= 0.6 is 12.2 Å². The summed E-state index contributed by atoms with van der Waals surface area (Å²) in [6.07, 6.45) is -0.0827. The zero-order chi connectivity index (χ0) is 18.1. The minimum atomic E-state index is -1.05. The van der Waals surface area contributed by atoms with Crippen LogP contribution in [0.1, 0.15) is 45.1 Å². The predicted molar refractivity (Wildman–Crippen MR) is 92.3 cm³/mol. The molecule has 1 heterocycles. The first-order valence-electron chi connectivity index (χ1n) is 7.86. The van der Waals surface area contributed by atoms with Gasteiger partial charge in [-0.2, -0.15) is 0 Å². The highest BCUT2D eigenvalue weighted by Crippen LogP contribution is 2.30. The number of nitrogens with one attached hydrogen (secondary N) is 1. The number of hydrogen-bond donors (Lipinski definition) is 2. The van der Waals surface area contributed by atoms with Crippen LogP contribution in [-0.2, 0) is 0 Å². The van der Waals surface area contributed by atoms with Gasteiger partial charge in [0, 0.05) is 18.0 Å². The number of rotatable bonds is 2. The minimum Gasteiger partial charge on any atom is -0.465 e. The Bertz CT molecular complexity index is 646. The van der Waals surface area contributed by atoms with Crippen molar-refractivity contribution < 1.29 is 18.7 Å². The molecule has 1 aliphatic rings. The van der Waals surface area contributed by atoms with E-state index in [0.29, 0.717) is 29.9 Å². The number of thiocarbonyl (C=S) groups is 1. The lowest BCUT2D eigenvalue weighted by atomic mass is 9.92. The Labute approximate surface area is 145 Å². The largest absolute Gasteiger partial charge is 0.465 e. The van der Waals surface area contributed by atoms with Crippen LogP contribution in [0.15, 0.2) is 18.2 Å². The number of carboxylic acid groups (broad SMARTS) is 1. The van der Waals surface area contributed by atoms with Crippen LogP contribution in [0.5, 0.6) is 0 Å². The Morgan fingerprint density at radius 3 is 2.58 bits per heavy atom. The molecule has 1 aromatic rings. The third-order valence-electron chi connectivity index (χ3n) is 4.28. The van der Waals surface area contributed by atoms with Crippen LogP contribution in [0.4, 0.5) is 13.6 Å². The molecule has 0 aliphatic carbocycles. The second kappa shape index (κ2) is 7.01. The molecular weight excluding hydrogens is 334 g/mol. The van der Waals surface area contributed by atoms with Crippen LogP contribution in [0.25, 0.3) is 0 Å². The number of hydrogen-bond acceptors (Lipinski definition) is 2. The Morgan fingerprint density at radius 1 is 1.33 bits per heavy atom. The van der Waals surface area contributed by atoms with Gasteiger partial charge in [0.2, 0.25) is 0 Å². The Balaban J connectivity index is 2.26. The van der Waals surface area contributed by atoms with E-state index in [1.807, 2.05) is 0 Å². The van der Waals surface area contributed by atoms with E-state index in [1.165, 1.54) is 11.0 Å². The van der Waals surface area contributed by atoms with Gasteiger partial charge in [-0.3, -0.25) is 4.90 Å². The third-order valence-corrected chi connectivity index (χ3v) is 4.69. The molecule has 4 nitrogen and oxygen atoms in total. The number of halogens is 2. The molecule has 2 N–H and O–H groups in total. The molecule has 1 aliphatic heterocycles. The number of amides is 1. The lowest BCUT2D eigenvalue weighted by molar-refractivity contribution is 0.0855. The van der Waals surface area contributed by atoms with E-state index < -0.39 is 29.3 Å². The summed E-state index contributed by atoms with van der Waals surface area (Å²) in [7, 11) is 0. The molecular formula is C17H22F2N2O2S. The summed E-state index contributed by atoms with van der Waals surface area (Å²) in [6.45, 7) is 5.77. The van der Waals surface area contributed by atoms with E-state index in [1.54, 1.807) is 26.8 Å². The number of benzene rings is 1. The maximum Gasteiger partial charge on any atom is 0.408 e. The van der Waals surface area contributed by atoms with Crippen molar-refractivity contribution in [3.8, 4) is 0 Å². The second-order valence-electron chi connectivity index (χ2n) is 7.00. The molecule has 0 aromatic heterocycles. The highest BCUT2D eigenvalue weighted by Gasteiger charge is 2.37. The highest BCUT2D eigenvalue weighted by molar-refractivity contribution is 7.80. The Kier molecular flexibility index (Phi) is 5.42. The van der Waals surface area contributed by atoms with E-state index in [4.69, 9.17) is 12.2 Å². The standard InChI is InChI=1S/C17H22F2N2O2S/c1-17(2,3)21(16(22)23)13-8-7-10(9-20-15(13)24)11-5-4-6-12(18)14(11)19/h4-6,10,13H,7-9H2,1-3H3,(H,20,24)(H,22,23)/t10-,13-/m1/s1. The van der Waals surface area contributed by atoms with Gasteiger partial charge in [-0.1, -0.05) is 24.4 Å². The van der Waals surface area contributed by atoms with Crippen molar-refractivity contribution in [3.63, 3.8) is 0 Å². The molecule has 0 spiro atoms. The molecule has 0 bridgehead atoms. The summed E-state index contributed by atoms with van der Waals surface area (Å²) in [4.78, 5) is 13.4. The fourth-order valence-electron chi connectivity index (χ4n) is 3.17. The van der Waals surface area contributed by atoms with Gasteiger partial charge in [-0.05, 0) is 45.2 Å². The lowest BCUT2D eigenvalue weighted by Crippen LogP contribution is -2.55. The molecule has 1 fully saturated rings. The topological polar surface area (TPSA) is 52.6 Å². The lowest BCUT2D eigenvalue weighted by Gasteiger charge is -2.39. The van der Waals surface area contributed by atoms with Crippen LogP contribution in [-0.4, -0.2) is 39.2 Å². The van der Waals surface area contributed by atoms with Crippen molar-refractivity contribution in [2.24, 2.45) is 0 Å². The average Bonchev–Trinajstić information content (AvgIpc) is 2.64. The van der Waals surface area contributed by atoms with Crippen LogP contribution in [0.2, 0.25) is 0 Å².